The third-order valence-electron chi connectivity index (χ3n) is 5.97. The smallest absolute Gasteiger partial charge is 0.288 e. The Morgan fingerprint density at radius 2 is 1.76 bits per heavy atom. The fourth-order valence-corrected chi connectivity index (χ4v) is 9.03. The summed E-state index contributed by atoms with van der Waals surface area (Å²) in [4.78, 5) is 41.6. The monoisotopic (exact) mass is 476 g/mol. The molecular formula is C24H36FN3O4Si. The zero-order valence-corrected chi connectivity index (χ0v) is 21.7. The first-order valence-corrected chi connectivity index (χ1v) is 13.1. The Labute approximate surface area is 196 Å². The third kappa shape index (κ3) is 6.07. The van der Waals surface area contributed by atoms with E-state index in [9.17, 15) is 14.4 Å². The molecule has 0 spiro atoms. The summed E-state index contributed by atoms with van der Waals surface area (Å²) >= 11 is 0. The van der Waals surface area contributed by atoms with Crippen LogP contribution in [0.3, 0.4) is 0 Å². The maximum absolute atomic E-state index is 16.3. The Bertz CT molecular complexity index is 890. The van der Waals surface area contributed by atoms with Crippen molar-refractivity contribution in [2.75, 3.05) is 19.7 Å². The summed E-state index contributed by atoms with van der Waals surface area (Å²) in [6.07, 6.45) is 1.68. The van der Waals surface area contributed by atoms with Gasteiger partial charge in [-0.2, -0.15) is 0 Å². The summed E-state index contributed by atoms with van der Waals surface area (Å²) in [5, 5.41) is 6.23. The third-order valence-corrected chi connectivity index (χ3v) is 11.2. The number of nitrogens with one attached hydrogen (secondary N) is 1. The number of rotatable bonds is 8. The normalized spacial score (nSPS) is 17.7. The van der Waals surface area contributed by atoms with E-state index in [1.165, 1.54) is 11.1 Å². The number of amides is 3. The number of oxime groups is 1. The van der Waals surface area contributed by atoms with Crippen LogP contribution < -0.4 is 10.5 Å². The van der Waals surface area contributed by atoms with E-state index in [0.29, 0.717) is 0 Å². The second-order valence-electron chi connectivity index (χ2n) is 10.6. The first kappa shape index (κ1) is 26.7. The Kier molecular flexibility index (Phi) is 8.21. The minimum Gasteiger partial charge on any atom is -0.386 e. The maximum atomic E-state index is 16.3. The van der Waals surface area contributed by atoms with Gasteiger partial charge in [-0.3, -0.25) is 19.3 Å². The van der Waals surface area contributed by atoms with Gasteiger partial charge < -0.3 is 14.3 Å². The highest BCUT2D eigenvalue weighted by atomic mass is 28.4. The maximum Gasteiger partial charge on any atom is 0.288 e. The number of likely N-dealkylation sites (tertiary alicyclic amines) is 1. The van der Waals surface area contributed by atoms with E-state index >= 15 is 4.11 Å². The van der Waals surface area contributed by atoms with Gasteiger partial charge in [-0.25, -0.2) is 0 Å². The molecule has 3 amide bonds. The Morgan fingerprint density at radius 3 is 2.24 bits per heavy atom. The van der Waals surface area contributed by atoms with E-state index in [2.05, 4.69) is 10.5 Å². The van der Waals surface area contributed by atoms with E-state index < -0.39 is 24.4 Å². The molecule has 0 aliphatic carbocycles. The van der Waals surface area contributed by atoms with Gasteiger partial charge in [0.05, 0.1) is 6.21 Å². The lowest BCUT2D eigenvalue weighted by molar-refractivity contribution is -0.139. The molecule has 33 heavy (non-hydrogen) atoms. The number of benzene rings is 1. The molecule has 1 unspecified atom stereocenters. The first-order valence-electron chi connectivity index (χ1n) is 11.2. The van der Waals surface area contributed by atoms with Crippen LogP contribution in [0.15, 0.2) is 29.4 Å². The predicted molar refractivity (Wildman–Crippen MR) is 129 cm³/mol. The van der Waals surface area contributed by atoms with E-state index in [4.69, 9.17) is 4.84 Å². The predicted octanol–water partition coefficient (Wildman–Crippen LogP) is 3.27. The molecule has 1 fully saturated rings. The fourth-order valence-electron chi connectivity index (χ4n) is 4.43. The molecule has 9 heteroatoms. The molecule has 1 aromatic carbocycles. The highest BCUT2D eigenvalue weighted by Gasteiger charge is 2.56. The van der Waals surface area contributed by atoms with E-state index in [0.717, 1.165) is 10.8 Å². The van der Waals surface area contributed by atoms with E-state index in [1.54, 1.807) is 19.1 Å². The quantitative estimate of drug-likeness (QED) is 0.205. The molecule has 1 aliphatic heterocycles. The molecule has 1 N–H and O–H groups in total. The van der Waals surface area contributed by atoms with Crippen molar-refractivity contribution in [3.05, 3.63) is 29.8 Å². The summed E-state index contributed by atoms with van der Waals surface area (Å²) in [6, 6.07) is 7.23. The van der Waals surface area contributed by atoms with Gasteiger partial charge in [0.2, 0.25) is 11.8 Å². The number of hydrogen-bond acceptors (Lipinski definition) is 5. The summed E-state index contributed by atoms with van der Waals surface area (Å²) in [6.45, 7) is 13.5. The molecule has 7 nitrogen and oxygen atoms in total. The second kappa shape index (κ2) is 10.2. The molecule has 0 aromatic heterocycles. The fraction of sp³-hybridized carbons (Fsp3) is 0.583. The number of carbonyl (C=O) groups excluding carboxylic acids is 3. The topological polar surface area (TPSA) is 88.1 Å². The van der Waals surface area contributed by atoms with Gasteiger partial charge >= 0.3 is 0 Å². The van der Waals surface area contributed by atoms with Crippen LogP contribution in [-0.2, 0) is 19.2 Å². The van der Waals surface area contributed by atoms with Gasteiger partial charge in [-0.15, -0.1) is 0 Å². The highest BCUT2D eigenvalue weighted by Crippen LogP contribution is 2.51. The molecule has 182 valence electrons. The molecule has 0 radical (unpaired) electrons. The lowest BCUT2D eigenvalue weighted by Gasteiger charge is -2.44. The number of nitrogens with zero attached hydrogens (tertiary/aromatic N) is 2. The van der Waals surface area contributed by atoms with Crippen molar-refractivity contribution >= 4 is 37.5 Å². The summed E-state index contributed by atoms with van der Waals surface area (Å²) in [5.41, 5.74) is 0.735. The van der Waals surface area contributed by atoms with Gasteiger partial charge in [0.15, 0.2) is 6.61 Å². The largest absolute Gasteiger partial charge is 0.386 e. The van der Waals surface area contributed by atoms with Crippen LogP contribution in [0.25, 0.3) is 0 Å². The molecule has 0 saturated carbocycles. The van der Waals surface area contributed by atoms with Crippen molar-refractivity contribution in [1.82, 2.24) is 10.2 Å². The van der Waals surface area contributed by atoms with Crippen molar-refractivity contribution in [2.24, 2.45) is 11.1 Å². The van der Waals surface area contributed by atoms with Crippen molar-refractivity contribution in [3.8, 4) is 0 Å². The number of imide groups is 1. The molecule has 1 atom stereocenters. The SMILES string of the molecule is CC1CC(=O)N(CCNC(=O)CO/N=C/c2ccc([Si]([18F])(C(C)(C)C)C(C)(C)C)cc2)C1=O. The van der Waals surface area contributed by atoms with Crippen molar-refractivity contribution in [3.63, 3.8) is 0 Å². The van der Waals surface area contributed by atoms with Gasteiger partial charge in [-0.1, -0.05) is 77.9 Å². The lowest BCUT2D eigenvalue weighted by atomic mass is 10.1. The Hall–Kier alpha value is -2.55. The minimum atomic E-state index is -3.31. The van der Waals surface area contributed by atoms with Crippen LogP contribution in [0, 0.1) is 5.92 Å². The highest BCUT2D eigenvalue weighted by molar-refractivity contribution is 6.90. The summed E-state index contributed by atoms with van der Waals surface area (Å²) < 4.78 is 16.3. The number of carbonyl (C=O) groups is 3. The van der Waals surface area contributed by atoms with Crippen LogP contribution in [0.2, 0.25) is 10.1 Å². The molecule has 0 bridgehead atoms. The van der Waals surface area contributed by atoms with Gasteiger partial charge in [-0.05, 0) is 20.8 Å². The number of halogens is 1. The average molecular weight is 477 g/mol. The Morgan fingerprint density at radius 1 is 1.18 bits per heavy atom. The van der Waals surface area contributed by atoms with Crippen LogP contribution in [0.4, 0.5) is 4.11 Å². The standard InChI is InChI=1S/C24H36FN3O4Si/c1-17-14-21(30)28(22(17)31)13-12-26-20(29)16-32-27-15-18-8-10-19(11-9-18)33(25,23(2,3)4)24(5,6)7/h8-11,15,17H,12-14,16H2,1-7H3,(H,26,29)/b27-15+/i25-1. The van der Waals surface area contributed by atoms with Gasteiger partial charge in [0.1, 0.15) is 0 Å². The molecule has 1 saturated heterocycles. The second-order valence-corrected chi connectivity index (χ2v) is 15.5. The average Bonchev–Trinajstić information content (AvgIpc) is 2.95. The van der Waals surface area contributed by atoms with Gasteiger partial charge in [0.25, 0.3) is 14.3 Å². The molecule has 1 aliphatic rings. The van der Waals surface area contributed by atoms with E-state index in [-0.39, 0.29) is 43.8 Å². The van der Waals surface area contributed by atoms with Gasteiger partial charge in [0, 0.05) is 25.4 Å². The van der Waals surface area contributed by atoms with Crippen LogP contribution >= 0.6 is 0 Å². The van der Waals surface area contributed by atoms with Crippen LogP contribution in [0.5, 0.6) is 0 Å². The molecular weight excluding hydrogens is 440 g/mol. The molecule has 1 heterocycles. The summed E-state index contributed by atoms with van der Waals surface area (Å²) in [5.74, 6) is -1.13. The zero-order chi connectivity index (χ0) is 25.0. The molecule has 2 rings (SSSR count). The van der Waals surface area contributed by atoms with E-state index in [1.807, 2.05) is 53.7 Å². The van der Waals surface area contributed by atoms with Crippen LogP contribution in [-0.4, -0.2) is 56.9 Å². The first-order chi connectivity index (χ1) is 15.2. The lowest BCUT2D eigenvalue weighted by Crippen LogP contribution is -2.57. The van der Waals surface area contributed by atoms with Crippen molar-refractivity contribution in [2.45, 2.75) is 65.0 Å². The summed E-state index contributed by atoms with van der Waals surface area (Å²) in [7, 11) is -3.31. The zero-order valence-electron chi connectivity index (χ0n) is 20.7. The van der Waals surface area contributed by atoms with Crippen molar-refractivity contribution in [1.29, 1.82) is 0 Å². The Balaban J connectivity index is 1.84. The van der Waals surface area contributed by atoms with Crippen LogP contribution in [0.1, 0.15) is 60.5 Å². The van der Waals surface area contributed by atoms with Crippen molar-refractivity contribution < 1.29 is 23.3 Å². The molecule has 1 aromatic rings. The minimum absolute atomic E-state index is 0.145. The number of hydrogen-bond donors (Lipinski definition) is 1.